The number of carbonyl (C=O) groups excluding carboxylic acids is 1. The predicted molar refractivity (Wildman–Crippen MR) is 138 cm³/mol. The number of carbonyl (C=O) groups is 1. The van der Waals surface area contributed by atoms with Crippen LogP contribution in [0.15, 0.2) is 78.5 Å². The first kappa shape index (κ1) is 23.6. The first-order valence-corrected chi connectivity index (χ1v) is 12.0. The number of anilines is 1. The number of nitrogens with one attached hydrogen (secondary N) is 1. The van der Waals surface area contributed by atoms with Crippen molar-refractivity contribution in [2.24, 2.45) is 5.92 Å². The number of aryl methyl sites for hydroxylation is 1. The van der Waals surface area contributed by atoms with Crippen molar-refractivity contribution >= 4 is 17.8 Å². The Morgan fingerprint density at radius 1 is 1.18 bits per heavy atom. The van der Waals surface area contributed by atoms with Gasteiger partial charge < -0.3 is 15.0 Å². The van der Waals surface area contributed by atoms with E-state index in [1.165, 1.54) is 11.1 Å². The molecule has 0 radical (unpaired) electrons. The van der Waals surface area contributed by atoms with Crippen LogP contribution in [0, 0.1) is 12.8 Å². The average molecular weight is 456 g/mol. The highest BCUT2D eigenvalue weighted by atomic mass is 16.5. The highest BCUT2D eigenvalue weighted by molar-refractivity contribution is 5.89. The van der Waals surface area contributed by atoms with E-state index < -0.39 is 0 Å². The Morgan fingerprint density at radius 2 is 2.00 bits per heavy atom. The lowest BCUT2D eigenvalue weighted by molar-refractivity contribution is 0.198. The number of benzene rings is 2. The minimum Gasteiger partial charge on any atom is -0.490 e. The summed E-state index contributed by atoms with van der Waals surface area (Å²) in [6.45, 7) is 7.61. The fourth-order valence-corrected chi connectivity index (χ4v) is 4.30. The van der Waals surface area contributed by atoms with Gasteiger partial charge in [0.2, 0.25) is 0 Å². The van der Waals surface area contributed by atoms with Gasteiger partial charge in [0.15, 0.2) is 0 Å². The van der Waals surface area contributed by atoms with Crippen LogP contribution in [0.5, 0.6) is 5.75 Å². The predicted octanol–water partition coefficient (Wildman–Crippen LogP) is 6.36. The number of hydrogen-bond acceptors (Lipinski definition) is 3. The molecule has 0 spiro atoms. The molecular formula is C29H33N3O2. The first-order valence-electron chi connectivity index (χ1n) is 12.0. The summed E-state index contributed by atoms with van der Waals surface area (Å²) in [7, 11) is 0. The van der Waals surface area contributed by atoms with E-state index >= 15 is 0 Å². The normalized spacial score (nSPS) is 17.9. The summed E-state index contributed by atoms with van der Waals surface area (Å²) in [5.74, 6) is 1.17. The summed E-state index contributed by atoms with van der Waals surface area (Å²) in [6, 6.07) is 22.4. The average Bonchev–Trinajstić information content (AvgIpc) is 2.82. The van der Waals surface area contributed by atoms with Gasteiger partial charge in [-0.15, -0.1) is 0 Å². The van der Waals surface area contributed by atoms with Crippen LogP contribution in [-0.2, 0) is 6.42 Å². The minimum absolute atomic E-state index is 0.0700. The fourth-order valence-electron chi connectivity index (χ4n) is 4.30. The summed E-state index contributed by atoms with van der Waals surface area (Å²) in [4.78, 5) is 18.8. The van der Waals surface area contributed by atoms with E-state index in [1.807, 2.05) is 42.2 Å². The van der Waals surface area contributed by atoms with Gasteiger partial charge in [-0.1, -0.05) is 61.0 Å². The van der Waals surface area contributed by atoms with Gasteiger partial charge in [-0.05, 0) is 61.6 Å². The molecule has 1 fully saturated rings. The maximum Gasteiger partial charge on any atom is 0.321 e. The van der Waals surface area contributed by atoms with E-state index in [1.54, 1.807) is 6.20 Å². The van der Waals surface area contributed by atoms with Gasteiger partial charge in [0.1, 0.15) is 5.75 Å². The van der Waals surface area contributed by atoms with E-state index in [4.69, 9.17) is 4.74 Å². The number of rotatable bonds is 6. The molecule has 2 aromatic carbocycles. The van der Waals surface area contributed by atoms with Gasteiger partial charge >= 0.3 is 6.03 Å². The molecule has 1 aliphatic rings. The Hall–Kier alpha value is -3.60. The second kappa shape index (κ2) is 11.0. The second-order valence-corrected chi connectivity index (χ2v) is 9.13. The second-order valence-electron chi connectivity index (χ2n) is 9.13. The van der Waals surface area contributed by atoms with Crippen molar-refractivity contribution in [1.82, 2.24) is 9.88 Å². The molecule has 3 aromatic rings. The van der Waals surface area contributed by atoms with Crippen LogP contribution in [0.1, 0.15) is 37.1 Å². The first-order chi connectivity index (χ1) is 16.5. The highest BCUT2D eigenvalue weighted by Gasteiger charge is 2.24. The number of hydrogen-bond donors (Lipinski definition) is 1. The third-order valence-electron chi connectivity index (χ3n) is 6.16. The van der Waals surface area contributed by atoms with Gasteiger partial charge in [0.05, 0.1) is 18.0 Å². The van der Waals surface area contributed by atoms with Crippen molar-refractivity contribution in [3.8, 4) is 5.75 Å². The lowest BCUT2D eigenvalue weighted by Crippen LogP contribution is -2.42. The number of aromatic nitrogens is 1. The number of piperidine rings is 1. The van der Waals surface area contributed by atoms with Crippen LogP contribution in [-0.4, -0.2) is 35.1 Å². The number of ether oxygens (including phenoxy) is 1. The van der Waals surface area contributed by atoms with Crippen molar-refractivity contribution in [2.75, 3.05) is 18.4 Å². The molecule has 1 aromatic heterocycles. The Bertz CT molecular complexity index is 1130. The molecule has 2 amide bonds. The van der Waals surface area contributed by atoms with E-state index in [9.17, 15) is 4.79 Å². The van der Waals surface area contributed by atoms with E-state index in [0.717, 1.165) is 35.5 Å². The maximum atomic E-state index is 12.7. The van der Waals surface area contributed by atoms with Crippen LogP contribution in [0.2, 0.25) is 0 Å². The highest BCUT2D eigenvalue weighted by Crippen LogP contribution is 2.27. The minimum atomic E-state index is -0.0700. The van der Waals surface area contributed by atoms with Gasteiger partial charge in [0, 0.05) is 25.2 Å². The number of pyridine rings is 1. The fraction of sp³-hybridized carbons (Fsp3) is 0.310. The molecule has 0 saturated carbocycles. The van der Waals surface area contributed by atoms with Crippen molar-refractivity contribution < 1.29 is 9.53 Å². The lowest BCUT2D eigenvalue weighted by Gasteiger charge is -2.33. The molecule has 1 saturated heterocycles. The van der Waals surface area contributed by atoms with E-state index in [0.29, 0.717) is 13.1 Å². The largest absolute Gasteiger partial charge is 0.490 e. The monoisotopic (exact) mass is 455 g/mol. The van der Waals surface area contributed by atoms with E-state index in [-0.39, 0.29) is 18.1 Å². The molecule has 5 nitrogen and oxygen atoms in total. The number of likely N-dealkylation sites (tertiary alicyclic amines) is 1. The van der Waals surface area contributed by atoms with Crippen LogP contribution in [0.3, 0.4) is 0 Å². The molecule has 2 heterocycles. The zero-order chi connectivity index (χ0) is 23.9. The molecule has 0 bridgehead atoms. The van der Waals surface area contributed by atoms with Gasteiger partial charge in [-0.3, -0.25) is 4.98 Å². The van der Waals surface area contributed by atoms with Crippen molar-refractivity contribution in [3.63, 3.8) is 0 Å². The Labute approximate surface area is 202 Å². The van der Waals surface area contributed by atoms with Crippen molar-refractivity contribution in [2.45, 2.75) is 39.7 Å². The van der Waals surface area contributed by atoms with Gasteiger partial charge in [-0.25, -0.2) is 4.79 Å². The van der Waals surface area contributed by atoms with Crippen molar-refractivity contribution in [1.29, 1.82) is 0 Å². The summed E-state index contributed by atoms with van der Waals surface area (Å²) < 4.78 is 6.19. The summed E-state index contributed by atoms with van der Waals surface area (Å²) >= 11 is 0. The zero-order valence-electron chi connectivity index (χ0n) is 20.2. The molecule has 1 N–H and O–H groups in total. The zero-order valence-corrected chi connectivity index (χ0v) is 20.2. The van der Waals surface area contributed by atoms with Crippen LogP contribution >= 0.6 is 0 Å². The Balaban J connectivity index is 1.34. The summed E-state index contributed by atoms with van der Waals surface area (Å²) in [5, 5.41) is 2.96. The molecule has 4 rings (SSSR count). The third kappa shape index (κ3) is 6.47. The lowest BCUT2D eigenvalue weighted by atomic mass is 9.91. The van der Waals surface area contributed by atoms with Gasteiger partial charge in [-0.2, -0.15) is 0 Å². The van der Waals surface area contributed by atoms with Crippen molar-refractivity contribution in [3.05, 3.63) is 95.3 Å². The third-order valence-corrected chi connectivity index (χ3v) is 6.16. The summed E-state index contributed by atoms with van der Waals surface area (Å²) in [5.41, 5.74) is 5.42. The van der Waals surface area contributed by atoms with Gasteiger partial charge in [0.25, 0.3) is 0 Å². The molecule has 176 valence electrons. The van der Waals surface area contributed by atoms with E-state index in [2.05, 4.69) is 66.6 Å². The summed E-state index contributed by atoms with van der Waals surface area (Å²) in [6.07, 6.45) is 5.77. The number of amides is 2. The smallest absolute Gasteiger partial charge is 0.321 e. The molecular weight excluding hydrogens is 422 g/mol. The number of nitrogens with zero attached hydrogens (tertiary/aromatic N) is 2. The van der Waals surface area contributed by atoms with Crippen LogP contribution < -0.4 is 10.1 Å². The molecule has 1 aliphatic heterocycles. The Morgan fingerprint density at radius 3 is 2.74 bits per heavy atom. The molecule has 0 aliphatic carbocycles. The standard InChI is InChI=1S/C29H33N3O2/c1-21-20-32(29(33)31-27-13-12-22(2)30-19-27)15-14-26(21)17-25-10-7-11-28(18-25)34-23(3)16-24-8-5-4-6-9-24/h4-13,17-19,21,23H,14-16,20H2,1-3H3,(H,31,33). The molecule has 2 atom stereocenters. The topological polar surface area (TPSA) is 54.5 Å². The van der Waals surface area contributed by atoms with Crippen LogP contribution in [0.25, 0.3) is 6.08 Å². The maximum absolute atomic E-state index is 12.7. The molecule has 2 unspecified atom stereocenters. The Kier molecular flexibility index (Phi) is 7.63. The SMILES string of the molecule is Cc1ccc(NC(=O)N2CCC(=Cc3cccc(OC(C)Cc4ccccc4)c3)C(C)C2)cn1. The quantitative estimate of drug-likeness (QED) is 0.471. The molecule has 5 heteroatoms. The number of urea groups is 1. The van der Waals surface area contributed by atoms with Crippen LogP contribution in [0.4, 0.5) is 10.5 Å². The molecule has 34 heavy (non-hydrogen) atoms.